The molecule has 3 rings (SSSR count). The number of thioether (sulfide) groups is 1. The molecule has 2 aromatic rings. The third-order valence-electron chi connectivity index (χ3n) is 3.19. The minimum absolute atomic E-state index is 0.0386. The third-order valence-corrected chi connectivity index (χ3v) is 4.74. The Morgan fingerprint density at radius 2 is 1.92 bits per heavy atom. The fourth-order valence-corrected chi connectivity index (χ4v) is 3.24. The fraction of sp³-hybridized carbons (Fsp3) is 0. The largest absolute Gasteiger partial charge is 0.300 e. The quantitative estimate of drug-likeness (QED) is 0.461. The normalized spacial score (nSPS) is 17.1. The van der Waals surface area contributed by atoms with Crippen molar-refractivity contribution < 1.29 is 9.72 Å². The Hall–Kier alpha value is -2.35. The minimum atomic E-state index is -0.573. The van der Waals surface area contributed by atoms with Crippen LogP contribution >= 0.6 is 35.0 Å². The number of aliphatic imine (C=N–C) groups is 1. The number of carbonyl (C=O) groups excluding carboxylic acids is 1. The van der Waals surface area contributed by atoms with Crippen LogP contribution < -0.4 is 5.32 Å². The molecule has 1 heterocycles. The zero-order valence-electron chi connectivity index (χ0n) is 12.4. The lowest BCUT2D eigenvalue weighted by Crippen LogP contribution is -2.19. The van der Waals surface area contributed by atoms with E-state index in [9.17, 15) is 14.9 Å². The molecule has 1 saturated heterocycles. The van der Waals surface area contributed by atoms with Gasteiger partial charge in [0.15, 0.2) is 5.17 Å². The van der Waals surface area contributed by atoms with Crippen molar-refractivity contribution >= 4 is 63.5 Å². The molecule has 1 fully saturated rings. The van der Waals surface area contributed by atoms with E-state index in [4.69, 9.17) is 23.2 Å². The van der Waals surface area contributed by atoms with Gasteiger partial charge in [-0.05, 0) is 41.6 Å². The smallest absolute Gasteiger partial charge is 0.288 e. The zero-order valence-corrected chi connectivity index (χ0v) is 14.7. The van der Waals surface area contributed by atoms with Crippen LogP contribution in [0.1, 0.15) is 5.56 Å². The lowest BCUT2D eigenvalue weighted by Gasteiger charge is -1.98. The summed E-state index contributed by atoms with van der Waals surface area (Å²) in [6.07, 6.45) is 1.54. The number of nitro benzene ring substituents is 1. The summed E-state index contributed by atoms with van der Waals surface area (Å²) >= 11 is 13.0. The highest BCUT2D eigenvalue weighted by atomic mass is 35.5. The van der Waals surface area contributed by atoms with Gasteiger partial charge >= 0.3 is 0 Å². The van der Waals surface area contributed by atoms with Gasteiger partial charge in [-0.3, -0.25) is 14.9 Å². The van der Waals surface area contributed by atoms with Gasteiger partial charge in [0.2, 0.25) is 0 Å². The molecule has 9 heteroatoms. The molecule has 0 atom stereocenters. The summed E-state index contributed by atoms with van der Waals surface area (Å²) in [4.78, 5) is 27.1. The van der Waals surface area contributed by atoms with Crippen LogP contribution in [0, 0.1) is 10.1 Å². The molecule has 0 bridgehead atoms. The first kappa shape index (κ1) is 17.5. The van der Waals surface area contributed by atoms with Crippen molar-refractivity contribution in [2.75, 3.05) is 0 Å². The van der Waals surface area contributed by atoms with Gasteiger partial charge in [0.05, 0.1) is 20.5 Å². The van der Waals surface area contributed by atoms with Crippen LogP contribution in [0.3, 0.4) is 0 Å². The second-order valence-electron chi connectivity index (χ2n) is 4.90. The number of amides is 1. The molecule has 1 aliphatic heterocycles. The number of nitrogens with zero attached hydrogens (tertiary/aromatic N) is 2. The van der Waals surface area contributed by atoms with Crippen LogP contribution in [-0.4, -0.2) is 16.0 Å². The summed E-state index contributed by atoms with van der Waals surface area (Å²) in [5, 5.41) is 14.5. The summed E-state index contributed by atoms with van der Waals surface area (Å²) in [7, 11) is 0. The van der Waals surface area contributed by atoms with Gasteiger partial charge < -0.3 is 5.32 Å². The predicted octanol–water partition coefficient (Wildman–Crippen LogP) is 4.79. The molecule has 0 spiro atoms. The average Bonchev–Trinajstić information content (AvgIpc) is 2.90. The number of amidine groups is 1. The molecule has 0 aromatic heterocycles. The zero-order chi connectivity index (χ0) is 18.0. The van der Waals surface area contributed by atoms with E-state index in [2.05, 4.69) is 10.3 Å². The van der Waals surface area contributed by atoms with Crippen molar-refractivity contribution in [1.82, 2.24) is 5.32 Å². The molecule has 1 N–H and O–H groups in total. The standard InChI is InChI=1S/C16H9Cl2N3O3S/c17-10-3-1-2-4-12(10)19-16-20-15(22)14(25-16)8-9-5-6-11(18)13(7-9)21(23)24/h1-8H,(H,19,20,22). The number of nitrogens with one attached hydrogen (secondary N) is 1. The first-order valence-electron chi connectivity index (χ1n) is 6.92. The fourth-order valence-electron chi connectivity index (χ4n) is 2.04. The van der Waals surface area contributed by atoms with Gasteiger partial charge in [-0.2, -0.15) is 0 Å². The van der Waals surface area contributed by atoms with E-state index in [0.717, 1.165) is 11.8 Å². The second kappa shape index (κ2) is 7.26. The van der Waals surface area contributed by atoms with E-state index in [-0.39, 0.29) is 16.6 Å². The van der Waals surface area contributed by atoms with Gasteiger partial charge in [-0.15, -0.1) is 0 Å². The number of para-hydroxylation sites is 1. The number of hydrogen-bond acceptors (Lipinski definition) is 5. The lowest BCUT2D eigenvalue weighted by atomic mass is 10.2. The van der Waals surface area contributed by atoms with E-state index >= 15 is 0 Å². The van der Waals surface area contributed by atoms with E-state index < -0.39 is 4.92 Å². The summed E-state index contributed by atoms with van der Waals surface area (Å²) in [6.45, 7) is 0. The van der Waals surface area contributed by atoms with E-state index in [1.165, 1.54) is 12.1 Å². The Bertz CT molecular complexity index is 944. The summed E-state index contributed by atoms with van der Waals surface area (Å²) < 4.78 is 0. The van der Waals surface area contributed by atoms with Crippen LogP contribution in [0.5, 0.6) is 0 Å². The van der Waals surface area contributed by atoms with Crippen LogP contribution in [0.4, 0.5) is 11.4 Å². The van der Waals surface area contributed by atoms with Crippen LogP contribution in [-0.2, 0) is 4.79 Å². The SMILES string of the molecule is O=C1NC(=Nc2ccccc2Cl)SC1=Cc1ccc(Cl)c([N+](=O)[O-])c1. The molecule has 126 valence electrons. The Balaban J connectivity index is 1.88. The van der Waals surface area contributed by atoms with Gasteiger partial charge in [-0.1, -0.05) is 41.4 Å². The number of benzene rings is 2. The molecule has 0 saturated carbocycles. The van der Waals surface area contributed by atoms with Crippen LogP contribution in [0.2, 0.25) is 10.0 Å². The van der Waals surface area contributed by atoms with Gasteiger partial charge in [0.25, 0.3) is 11.6 Å². The van der Waals surface area contributed by atoms with Crippen LogP contribution in [0.25, 0.3) is 6.08 Å². The van der Waals surface area contributed by atoms with Crippen molar-refractivity contribution in [2.24, 2.45) is 4.99 Å². The number of halogens is 2. The summed E-state index contributed by atoms with van der Waals surface area (Å²) in [5.41, 5.74) is 0.812. The summed E-state index contributed by atoms with van der Waals surface area (Å²) in [5.74, 6) is -0.339. The van der Waals surface area contributed by atoms with Crippen LogP contribution in [0.15, 0.2) is 52.4 Å². The van der Waals surface area contributed by atoms with Gasteiger partial charge in [0, 0.05) is 6.07 Å². The first-order chi connectivity index (χ1) is 11.9. The Morgan fingerprint density at radius 3 is 2.64 bits per heavy atom. The molecular formula is C16H9Cl2N3O3S. The highest BCUT2D eigenvalue weighted by Crippen LogP contribution is 2.32. The Labute approximate surface area is 156 Å². The van der Waals surface area contributed by atoms with E-state index in [1.54, 1.807) is 36.4 Å². The number of rotatable bonds is 3. The Kier molecular flexibility index (Phi) is 5.08. The molecule has 2 aromatic carbocycles. The average molecular weight is 394 g/mol. The van der Waals surface area contributed by atoms with Gasteiger partial charge in [-0.25, -0.2) is 4.99 Å². The molecule has 0 aliphatic carbocycles. The van der Waals surface area contributed by atoms with Gasteiger partial charge in [0.1, 0.15) is 5.02 Å². The highest BCUT2D eigenvalue weighted by molar-refractivity contribution is 8.18. The first-order valence-corrected chi connectivity index (χ1v) is 8.49. The van der Waals surface area contributed by atoms with Crippen molar-refractivity contribution in [3.63, 3.8) is 0 Å². The predicted molar refractivity (Wildman–Crippen MR) is 100 cm³/mol. The number of carbonyl (C=O) groups is 1. The molecular weight excluding hydrogens is 385 g/mol. The Morgan fingerprint density at radius 1 is 1.16 bits per heavy atom. The molecule has 0 radical (unpaired) electrons. The lowest BCUT2D eigenvalue weighted by molar-refractivity contribution is -0.384. The second-order valence-corrected chi connectivity index (χ2v) is 6.75. The third kappa shape index (κ3) is 4.01. The molecule has 1 aliphatic rings. The maximum Gasteiger partial charge on any atom is 0.288 e. The van der Waals surface area contributed by atoms with Crippen molar-refractivity contribution in [3.05, 3.63) is 73.1 Å². The monoisotopic (exact) mass is 393 g/mol. The topological polar surface area (TPSA) is 84.6 Å². The number of nitro groups is 1. The molecule has 25 heavy (non-hydrogen) atoms. The minimum Gasteiger partial charge on any atom is -0.300 e. The molecule has 1 amide bonds. The maximum absolute atomic E-state index is 12.1. The molecule has 6 nitrogen and oxygen atoms in total. The van der Waals surface area contributed by atoms with Crippen molar-refractivity contribution in [1.29, 1.82) is 0 Å². The van der Waals surface area contributed by atoms with E-state index in [1.807, 2.05) is 0 Å². The highest BCUT2D eigenvalue weighted by Gasteiger charge is 2.24. The number of hydrogen-bond donors (Lipinski definition) is 1. The van der Waals surface area contributed by atoms with Crippen molar-refractivity contribution in [2.45, 2.75) is 0 Å². The summed E-state index contributed by atoms with van der Waals surface area (Å²) in [6, 6.07) is 11.3. The van der Waals surface area contributed by atoms with Crippen molar-refractivity contribution in [3.8, 4) is 0 Å². The maximum atomic E-state index is 12.1. The van der Waals surface area contributed by atoms with E-state index in [0.29, 0.717) is 26.3 Å². The molecule has 0 unspecified atom stereocenters.